The zero-order valence-corrected chi connectivity index (χ0v) is 10.5. The summed E-state index contributed by atoms with van der Waals surface area (Å²) in [5.41, 5.74) is 0. The number of aromatic nitrogens is 2. The third-order valence-corrected chi connectivity index (χ3v) is 2.54. The molecule has 0 fully saturated rings. The zero-order valence-electron chi connectivity index (χ0n) is 10.5. The van der Waals surface area contributed by atoms with Gasteiger partial charge in [-0.3, -0.25) is 0 Å². The number of halogens is 2. The minimum atomic E-state index is -2.47. The highest BCUT2D eigenvalue weighted by atomic mass is 19.3. The molecule has 0 aliphatic heterocycles. The molecule has 5 nitrogen and oxygen atoms in total. The van der Waals surface area contributed by atoms with Crippen LogP contribution in [0, 0.1) is 0 Å². The normalized spacial score (nSPS) is 15.0. The van der Waals surface area contributed by atoms with Crippen LogP contribution < -0.4 is 0 Å². The van der Waals surface area contributed by atoms with Gasteiger partial charge < -0.3 is 14.4 Å². The molecule has 104 valence electrons. The molecule has 1 aromatic heterocycles. The van der Waals surface area contributed by atoms with Gasteiger partial charge >= 0.3 is 0 Å². The van der Waals surface area contributed by atoms with Crippen LogP contribution in [0.15, 0.2) is 4.52 Å². The molecule has 0 spiro atoms. The Bertz CT molecular complexity index is 345. The fourth-order valence-corrected chi connectivity index (χ4v) is 1.58. The Morgan fingerprint density at radius 3 is 2.72 bits per heavy atom. The first-order chi connectivity index (χ1) is 8.54. The Balaban J connectivity index is 2.43. The number of alkyl halides is 2. The molecule has 1 aromatic rings. The lowest BCUT2D eigenvalue weighted by Crippen LogP contribution is -2.14. The Labute approximate surface area is 104 Å². The van der Waals surface area contributed by atoms with Gasteiger partial charge in [-0.2, -0.15) is 4.98 Å². The van der Waals surface area contributed by atoms with Crippen molar-refractivity contribution in [2.45, 2.75) is 45.1 Å². The molecule has 1 rings (SSSR count). The molecule has 0 amide bonds. The van der Waals surface area contributed by atoms with Gasteiger partial charge in [0.15, 0.2) is 5.82 Å². The van der Waals surface area contributed by atoms with Crippen LogP contribution in [0.2, 0.25) is 0 Å². The maximum Gasteiger partial charge on any atom is 0.261 e. The SMILES string of the molecule is CCC(c1nc(CCOCC(F)F)no1)C(C)O. The third kappa shape index (κ3) is 4.66. The second-order valence-corrected chi connectivity index (χ2v) is 4.02. The predicted octanol–water partition coefficient (Wildman–Crippen LogP) is 1.77. The monoisotopic (exact) mass is 264 g/mol. The van der Waals surface area contributed by atoms with Crippen molar-refractivity contribution in [3.05, 3.63) is 11.7 Å². The molecule has 0 aliphatic carbocycles. The van der Waals surface area contributed by atoms with E-state index in [2.05, 4.69) is 10.1 Å². The van der Waals surface area contributed by atoms with E-state index in [1.807, 2.05) is 6.92 Å². The number of aliphatic hydroxyl groups is 1. The van der Waals surface area contributed by atoms with Crippen molar-refractivity contribution in [2.75, 3.05) is 13.2 Å². The fraction of sp³-hybridized carbons (Fsp3) is 0.818. The minimum Gasteiger partial charge on any atom is -0.393 e. The summed E-state index contributed by atoms with van der Waals surface area (Å²) in [5, 5.41) is 13.2. The Morgan fingerprint density at radius 1 is 1.44 bits per heavy atom. The quantitative estimate of drug-likeness (QED) is 0.725. The molecular formula is C11H18F2N2O3. The van der Waals surface area contributed by atoms with Crippen molar-refractivity contribution in [3.8, 4) is 0 Å². The van der Waals surface area contributed by atoms with E-state index in [1.165, 1.54) is 0 Å². The summed E-state index contributed by atoms with van der Waals surface area (Å²) in [6.45, 7) is 3.10. The highest BCUT2D eigenvalue weighted by molar-refractivity contribution is 4.96. The molecule has 0 saturated heterocycles. The maximum atomic E-state index is 11.8. The first-order valence-electron chi connectivity index (χ1n) is 5.91. The molecule has 1 heterocycles. The fourth-order valence-electron chi connectivity index (χ4n) is 1.58. The van der Waals surface area contributed by atoms with Gasteiger partial charge in [-0.25, -0.2) is 8.78 Å². The molecule has 2 atom stereocenters. The van der Waals surface area contributed by atoms with Gasteiger partial charge in [-0.05, 0) is 13.3 Å². The zero-order chi connectivity index (χ0) is 13.5. The summed E-state index contributed by atoms with van der Waals surface area (Å²) in [5.74, 6) is 0.572. The van der Waals surface area contributed by atoms with Crippen molar-refractivity contribution < 1.29 is 23.1 Å². The van der Waals surface area contributed by atoms with E-state index in [0.29, 0.717) is 24.6 Å². The topological polar surface area (TPSA) is 68.4 Å². The van der Waals surface area contributed by atoms with E-state index >= 15 is 0 Å². The van der Waals surface area contributed by atoms with Crippen LogP contribution in [0.1, 0.15) is 37.9 Å². The lowest BCUT2D eigenvalue weighted by molar-refractivity contribution is 0.0182. The van der Waals surface area contributed by atoms with Gasteiger partial charge in [0.2, 0.25) is 5.89 Å². The van der Waals surface area contributed by atoms with Gasteiger partial charge in [-0.15, -0.1) is 0 Å². The first-order valence-corrected chi connectivity index (χ1v) is 5.91. The van der Waals surface area contributed by atoms with E-state index in [1.54, 1.807) is 6.92 Å². The largest absolute Gasteiger partial charge is 0.393 e. The molecule has 0 aliphatic rings. The second-order valence-electron chi connectivity index (χ2n) is 4.02. The third-order valence-electron chi connectivity index (χ3n) is 2.54. The predicted molar refractivity (Wildman–Crippen MR) is 59.5 cm³/mol. The van der Waals surface area contributed by atoms with Crippen molar-refractivity contribution in [1.82, 2.24) is 10.1 Å². The molecule has 0 radical (unpaired) electrons. The summed E-state index contributed by atoms with van der Waals surface area (Å²) in [7, 11) is 0. The highest BCUT2D eigenvalue weighted by Gasteiger charge is 2.21. The second kappa shape index (κ2) is 7.38. The standard InChI is InChI=1S/C11H18F2N2O3/c1-3-8(7(2)16)11-14-10(15-18-11)4-5-17-6-9(12)13/h7-9,16H,3-6H2,1-2H3. The van der Waals surface area contributed by atoms with E-state index < -0.39 is 19.1 Å². The van der Waals surface area contributed by atoms with Crippen LogP contribution in [0.3, 0.4) is 0 Å². The average Bonchev–Trinajstić information content (AvgIpc) is 2.73. The van der Waals surface area contributed by atoms with Gasteiger partial charge in [0.05, 0.1) is 18.6 Å². The minimum absolute atomic E-state index is 0.120. The number of ether oxygens (including phenoxy) is 1. The molecule has 2 unspecified atom stereocenters. The van der Waals surface area contributed by atoms with Crippen LogP contribution in [-0.4, -0.2) is 41.0 Å². The number of nitrogens with zero attached hydrogens (tertiary/aromatic N) is 2. The van der Waals surface area contributed by atoms with E-state index in [9.17, 15) is 13.9 Å². The van der Waals surface area contributed by atoms with Crippen LogP contribution in [0.25, 0.3) is 0 Å². The molecule has 18 heavy (non-hydrogen) atoms. The van der Waals surface area contributed by atoms with Gasteiger partial charge in [0, 0.05) is 6.42 Å². The van der Waals surface area contributed by atoms with Crippen LogP contribution in [-0.2, 0) is 11.2 Å². The molecule has 1 N–H and O–H groups in total. The lowest BCUT2D eigenvalue weighted by atomic mass is 10.0. The van der Waals surface area contributed by atoms with Gasteiger partial charge in [-0.1, -0.05) is 12.1 Å². The summed E-state index contributed by atoms with van der Waals surface area (Å²) in [6.07, 6.45) is -2.04. The lowest BCUT2D eigenvalue weighted by Gasteiger charge is -2.12. The Morgan fingerprint density at radius 2 is 2.17 bits per heavy atom. The molecule has 7 heteroatoms. The average molecular weight is 264 g/mol. The number of aliphatic hydroxyl groups excluding tert-OH is 1. The molecule has 0 bridgehead atoms. The Hall–Kier alpha value is -1.08. The van der Waals surface area contributed by atoms with E-state index in [-0.39, 0.29) is 12.5 Å². The van der Waals surface area contributed by atoms with Crippen LogP contribution in [0.5, 0.6) is 0 Å². The van der Waals surface area contributed by atoms with Gasteiger partial charge in [0.25, 0.3) is 6.43 Å². The smallest absolute Gasteiger partial charge is 0.261 e. The van der Waals surface area contributed by atoms with E-state index in [4.69, 9.17) is 9.26 Å². The molecular weight excluding hydrogens is 246 g/mol. The maximum absolute atomic E-state index is 11.8. The molecule has 0 saturated carbocycles. The number of hydrogen-bond donors (Lipinski definition) is 1. The Kier molecular flexibility index (Phi) is 6.14. The molecule has 0 aromatic carbocycles. The van der Waals surface area contributed by atoms with E-state index in [0.717, 1.165) is 0 Å². The highest BCUT2D eigenvalue weighted by Crippen LogP contribution is 2.21. The summed E-state index contributed by atoms with van der Waals surface area (Å²) in [4.78, 5) is 4.11. The van der Waals surface area contributed by atoms with Crippen LogP contribution in [0.4, 0.5) is 8.78 Å². The number of rotatable bonds is 8. The van der Waals surface area contributed by atoms with Crippen molar-refractivity contribution in [2.24, 2.45) is 0 Å². The van der Waals surface area contributed by atoms with Crippen molar-refractivity contribution in [1.29, 1.82) is 0 Å². The van der Waals surface area contributed by atoms with Gasteiger partial charge in [0.1, 0.15) is 6.61 Å². The first kappa shape index (κ1) is 15.0. The summed E-state index contributed by atoms with van der Waals surface area (Å²) in [6, 6.07) is 0. The summed E-state index contributed by atoms with van der Waals surface area (Å²) < 4.78 is 33.4. The van der Waals surface area contributed by atoms with Crippen molar-refractivity contribution >= 4 is 0 Å². The van der Waals surface area contributed by atoms with Crippen LogP contribution >= 0.6 is 0 Å². The number of hydrogen-bond acceptors (Lipinski definition) is 5. The summed E-state index contributed by atoms with van der Waals surface area (Å²) >= 11 is 0. The van der Waals surface area contributed by atoms with Crippen molar-refractivity contribution in [3.63, 3.8) is 0 Å².